The van der Waals surface area contributed by atoms with Gasteiger partial charge in [0.05, 0.1) is 11.4 Å². The van der Waals surface area contributed by atoms with Gasteiger partial charge in [-0.15, -0.1) is 0 Å². The molecule has 0 aromatic heterocycles. The molecule has 0 saturated carbocycles. The molecule has 1 atom stereocenters. The van der Waals surface area contributed by atoms with Crippen LogP contribution < -0.4 is 9.21 Å². The number of hydrogen-bond donors (Lipinski definition) is 0. The van der Waals surface area contributed by atoms with Crippen LogP contribution in [0.25, 0.3) is 0 Å². The van der Waals surface area contributed by atoms with E-state index < -0.39 is 10.0 Å². The van der Waals surface area contributed by atoms with E-state index in [2.05, 4.69) is 6.07 Å². The van der Waals surface area contributed by atoms with Gasteiger partial charge in [0.2, 0.25) is 10.0 Å². The molecule has 1 fully saturated rings. The van der Waals surface area contributed by atoms with Crippen molar-refractivity contribution in [2.24, 2.45) is 0 Å². The van der Waals surface area contributed by atoms with Crippen LogP contribution in [-0.2, 0) is 16.4 Å². The maximum absolute atomic E-state index is 13.2. The highest BCUT2D eigenvalue weighted by Gasteiger charge is 2.32. The maximum Gasteiger partial charge on any atom is 0.258 e. The molecule has 1 amide bonds. The maximum atomic E-state index is 13.2. The summed E-state index contributed by atoms with van der Waals surface area (Å²) in [5, 5.41) is 0. The highest BCUT2D eigenvalue weighted by molar-refractivity contribution is 7.92. The molecule has 0 N–H and O–H groups in total. The number of fused-ring (bicyclic) bond motifs is 1. The van der Waals surface area contributed by atoms with Crippen LogP contribution in [0.2, 0.25) is 0 Å². The van der Waals surface area contributed by atoms with Crippen LogP contribution in [-0.4, -0.2) is 32.7 Å². The van der Waals surface area contributed by atoms with Crippen LogP contribution >= 0.6 is 0 Å². The SMILES string of the molecule is C[C@H]1Cc2ccccc2N1C(=O)c1cccc(N2CCCCS2(=O)=O)c1. The highest BCUT2D eigenvalue weighted by atomic mass is 32.2. The summed E-state index contributed by atoms with van der Waals surface area (Å²) in [7, 11) is -3.29. The van der Waals surface area contributed by atoms with E-state index in [9.17, 15) is 13.2 Å². The molecule has 0 unspecified atom stereocenters. The van der Waals surface area contributed by atoms with Crippen molar-refractivity contribution in [2.45, 2.75) is 32.2 Å². The molecular formula is C20H22N2O3S. The Labute approximate surface area is 154 Å². The van der Waals surface area contributed by atoms with Crippen molar-refractivity contribution in [2.75, 3.05) is 21.5 Å². The molecule has 1 saturated heterocycles. The molecule has 4 rings (SSSR count). The van der Waals surface area contributed by atoms with Crippen LogP contribution in [0.4, 0.5) is 11.4 Å². The molecule has 5 nitrogen and oxygen atoms in total. The van der Waals surface area contributed by atoms with Gasteiger partial charge < -0.3 is 4.90 Å². The molecular weight excluding hydrogens is 348 g/mol. The van der Waals surface area contributed by atoms with Crippen molar-refractivity contribution in [1.82, 2.24) is 0 Å². The third-order valence-electron chi connectivity index (χ3n) is 5.16. The lowest BCUT2D eigenvalue weighted by atomic mass is 10.1. The Morgan fingerprint density at radius 2 is 1.88 bits per heavy atom. The molecule has 2 aliphatic rings. The zero-order valence-corrected chi connectivity index (χ0v) is 15.6. The fourth-order valence-electron chi connectivity index (χ4n) is 3.89. The number of hydrogen-bond acceptors (Lipinski definition) is 3. The van der Waals surface area contributed by atoms with E-state index in [1.807, 2.05) is 30.0 Å². The lowest BCUT2D eigenvalue weighted by Gasteiger charge is -2.29. The molecule has 2 aromatic carbocycles. The van der Waals surface area contributed by atoms with Gasteiger partial charge in [-0.25, -0.2) is 8.42 Å². The molecule has 0 spiro atoms. The molecule has 2 aliphatic heterocycles. The lowest BCUT2D eigenvalue weighted by molar-refractivity contribution is 0.0981. The number of anilines is 2. The summed E-state index contributed by atoms with van der Waals surface area (Å²) in [6.07, 6.45) is 2.37. The molecule has 26 heavy (non-hydrogen) atoms. The fraction of sp³-hybridized carbons (Fsp3) is 0.350. The Morgan fingerprint density at radius 3 is 2.69 bits per heavy atom. The molecule has 136 valence electrons. The Balaban J connectivity index is 1.68. The summed E-state index contributed by atoms with van der Waals surface area (Å²) in [5.74, 6) is 0.0838. The van der Waals surface area contributed by atoms with Crippen LogP contribution in [0.5, 0.6) is 0 Å². The molecule has 6 heteroatoms. The fourth-order valence-corrected chi connectivity index (χ4v) is 5.52. The monoisotopic (exact) mass is 370 g/mol. The van der Waals surface area contributed by atoms with Crippen molar-refractivity contribution < 1.29 is 13.2 Å². The second kappa shape index (κ2) is 6.43. The van der Waals surface area contributed by atoms with E-state index in [1.54, 1.807) is 24.3 Å². The van der Waals surface area contributed by atoms with Gasteiger partial charge in [0.25, 0.3) is 5.91 Å². The summed E-state index contributed by atoms with van der Waals surface area (Å²) in [4.78, 5) is 15.0. The van der Waals surface area contributed by atoms with E-state index in [0.29, 0.717) is 24.2 Å². The predicted molar refractivity (Wildman–Crippen MR) is 103 cm³/mol. The summed E-state index contributed by atoms with van der Waals surface area (Å²) in [6, 6.07) is 15.0. The topological polar surface area (TPSA) is 57.7 Å². The number of para-hydroxylation sites is 1. The van der Waals surface area contributed by atoms with Crippen molar-refractivity contribution in [1.29, 1.82) is 0 Å². The minimum Gasteiger partial charge on any atom is -0.305 e. The van der Waals surface area contributed by atoms with Crippen molar-refractivity contribution in [3.63, 3.8) is 0 Å². The normalized spacial score (nSPS) is 21.5. The van der Waals surface area contributed by atoms with Gasteiger partial charge >= 0.3 is 0 Å². The van der Waals surface area contributed by atoms with Gasteiger partial charge in [0.1, 0.15) is 0 Å². The second-order valence-electron chi connectivity index (χ2n) is 7.00. The average Bonchev–Trinajstić information content (AvgIpc) is 2.96. The number of rotatable bonds is 2. The second-order valence-corrected chi connectivity index (χ2v) is 9.02. The number of carbonyl (C=O) groups is 1. The Morgan fingerprint density at radius 1 is 1.08 bits per heavy atom. The third-order valence-corrected chi connectivity index (χ3v) is 7.03. The van der Waals surface area contributed by atoms with E-state index in [0.717, 1.165) is 18.5 Å². The van der Waals surface area contributed by atoms with Crippen LogP contribution in [0.1, 0.15) is 35.7 Å². The molecule has 0 aliphatic carbocycles. The summed E-state index contributed by atoms with van der Waals surface area (Å²) >= 11 is 0. The first-order valence-corrected chi connectivity index (χ1v) is 10.6. The van der Waals surface area contributed by atoms with Crippen LogP contribution in [0, 0.1) is 0 Å². The van der Waals surface area contributed by atoms with E-state index >= 15 is 0 Å². The standard InChI is InChI=1S/C20H22N2O3S/c1-15-13-16-7-2-3-10-19(16)22(15)20(23)17-8-6-9-18(14-17)21-11-4-5-12-26(21,24)25/h2-3,6-10,14-15H,4-5,11-13H2,1H3/t15-/m0/s1. The smallest absolute Gasteiger partial charge is 0.258 e. The number of nitrogens with zero attached hydrogens (tertiary/aromatic N) is 2. The van der Waals surface area contributed by atoms with E-state index in [4.69, 9.17) is 0 Å². The first-order valence-electron chi connectivity index (χ1n) is 8.99. The lowest BCUT2D eigenvalue weighted by Crippen LogP contribution is -2.38. The summed E-state index contributed by atoms with van der Waals surface area (Å²) < 4.78 is 26.2. The number of benzene rings is 2. The van der Waals surface area contributed by atoms with Gasteiger partial charge in [0, 0.05) is 23.8 Å². The Hall–Kier alpha value is -2.34. The zero-order chi connectivity index (χ0) is 18.3. The predicted octanol–water partition coefficient (Wildman–Crippen LogP) is 3.21. The van der Waals surface area contributed by atoms with Gasteiger partial charge in [-0.05, 0) is 56.0 Å². The number of sulfonamides is 1. The van der Waals surface area contributed by atoms with Crippen LogP contribution in [0.15, 0.2) is 48.5 Å². The quantitative estimate of drug-likeness (QED) is 0.816. The van der Waals surface area contributed by atoms with Crippen LogP contribution in [0.3, 0.4) is 0 Å². The first kappa shape index (κ1) is 17.1. The summed E-state index contributed by atoms with van der Waals surface area (Å²) in [5.41, 5.74) is 3.21. The molecule has 2 heterocycles. The largest absolute Gasteiger partial charge is 0.305 e. The highest BCUT2D eigenvalue weighted by Crippen LogP contribution is 2.33. The third kappa shape index (κ3) is 2.88. The van der Waals surface area contributed by atoms with Gasteiger partial charge in [-0.3, -0.25) is 9.10 Å². The van der Waals surface area contributed by atoms with Gasteiger partial charge in [0.15, 0.2) is 0 Å². The average molecular weight is 370 g/mol. The minimum atomic E-state index is -3.29. The van der Waals surface area contributed by atoms with Crippen molar-refractivity contribution in [3.05, 3.63) is 59.7 Å². The minimum absolute atomic E-state index is 0.0845. The summed E-state index contributed by atoms with van der Waals surface area (Å²) in [6.45, 7) is 2.51. The van der Waals surface area contributed by atoms with Crippen molar-refractivity contribution in [3.8, 4) is 0 Å². The first-order chi connectivity index (χ1) is 12.5. The molecule has 0 radical (unpaired) electrons. The Bertz CT molecular complexity index is 955. The van der Waals surface area contributed by atoms with E-state index in [1.165, 1.54) is 9.87 Å². The van der Waals surface area contributed by atoms with Gasteiger partial charge in [-0.1, -0.05) is 24.3 Å². The Kier molecular flexibility index (Phi) is 4.23. The molecule has 2 aromatic rings. The molecule has 0 bridgehead atoms. The number of amides is 1. The zero-order valence-electron chi connectivity index (χ0n) is 14.8. The van der Waals surface area contributed by atoms with Gasteiger partial charge in [-0.2, -0.15) is 0 Å². The van der Waals surface area contributed by atoms with Crippen molar-refractivity contribution >= 4 is 27.3 Å². The van der Waals surface area contributed by atoms with E-state index in [-0.39, 0.29) is 17.7 Å². The number of carbonyl (C=O) groups excluding carboxylic acids is 1.